The Morgan fingerprint density at radius 2 is 0.882 bits per heavy atom. The number of thiol groups is 4. The molecule has 5 heteroatoms. The second-order valence-electron chi connectivity index (χ2n) is 4.32. The summed E-state index contributed by atoms with van der Waals surface area (Å²) >= 11 is 17.1. The molecule has 0 aliphatic carbocycles. The van der Waals surface area contributed by atoms with Crippen LogP contribution in [0.5, 0.6) is 0 Å². The van der Waals surface area contributed by atoms with Crippen molar-refractivity contribution in [2.24, 2.45) is 11.8 Å². The van der Waals surface area contributed by atoms with Gasteiger partial charge < -0.3 is 4.74 Å². The smallest absolute Gasteiger partial charge is 0.0494 e. The number of hydrogen-bond acceptors (Lipinski definition) is 5. The van der Waals surface area contributed by atoms with Gasteiger partial charge in [0.25, 0.3) is 0 Å². The Morgan fingerprint density at radius 3 is 1.12 bits per heavy atom. The lowest BCUT2D eigenvalue weighted by Crippen LogP contribution is -2.17. The fourth-order valence-electron chi connectivity index (χ4n) is 1.75. The summed E-state index contributed by atoms with van der Waals surface area (Å²) in [4.78, 5) is 0. The molecule has 0 aliphatic heterocycles. The molecule has 0 spiro atoms. The van der Waals surface area contributed by atoms with Gasteiger partial charge in [-0.1, -0.05) is 0 Å². The predicted octanol–water partition coefficient (Wildman–Crippen LogP) is 3.52. The monoisotopic (exact) mass is 314 g/mol. The normalized spacial score (nSPS) is 11.6. The van der Waals surface area contributed by atoms with Crippen LogP contribution in [0.4, 0.5) is 0 Å². The topological polar surface area (TPSA) is 9.23 Å². The SMILES string of the molecule is SCCC(CCS)COCC(CCS)CCS. The predicted molar refractivity (Wildman–Crippen MR) is 91.7 cm³/mol. The summed E-state index contributed by atoms with van der Waals surface area (Å²) in [6.07, 6.45) is 4.47. The highest BCUT2D eigenvalue weighted by Crippen LogP contribution is 2.15. The van der Waals surface area contributed by atoms with Gasteiger partial charge in [0.15, 0.2) is 0 Å². The van der Waals surface area contributed by atoms with Crippen molar-refractivity contribution in [2.45, 2.75) is 25.7 Å². The second-order valence-corrected chi connectivity index (χ2v) is 6.11. The van der Waals surface area contributed by atoms with Crippen molar-refractivity contribution in [1.29, 1.82) is 0 Å². The molecular weight excluding hydrogens is 288 g/mol. The third kappa shape index (κ3) is 10.9. The van der Waals surface area contributed by atoms with E-state index in [9.17, 15) is 0 Å². The lowest BCUT2D eigenvalue weighted by atomic mass is 10.0. The molecule has 0 unspecified atom stereocenters. The van der Waals surface area contributed by atoms with Gasteiger partial charge >= 0.3 is 0 Å². The van der Waals surface area contributed by atoms with Gasteiger partial charge in [-0.3, -0.25) is 0 Å². The largest absolute Gasteiger partial charge is 0.381 e. The number of hydrogen-bond donors (Lipinski definition) is 4. The van der Waals surface area contributed by atoms with E-state index in [4.69, 9.17) is 4.74 Å². The Morgan fingerprint density at radius 1 is 0.588 bits per heavy atom. The van der Waals surface area contributed by atoms with Gasteiger partial charge in [0.1, 0.15) is 0 Å². The molecule has 104 valence electrons. The van der Waals surface area contributed by atoms with Crippen LogP contribution in [0.15, 0.2) is 0 Å². The van der Waals surface area contributed by atoms with Crippen molar-refractivity contribution >= 4 is 50.5 Å². The minimum absolute atomic E-state index is 0.609. The summed E-state index contributed by atoms with van der Waals surface area (Å²) in [6.45, 7) is 1.69. The molecule has 1 nitrogen and oxygen atoms in total. The fraction of sp³-hybridized carbons (Fsp3) is 1.00. The molecule has 0 amide bonds. The summed E-state index contributed by atoms with van der Waals surface area (Å²) < 4.78 is 5.83. The second kappa shape index (κ2) is 13.8. The molecule has 0 rings (SSSR count). The van der Waals surface area contributed by atoms with Gasteiger partial charge in [0.2, 0.25) is 0 Å². The number of ether oxygens (including phenoxy) is 1. The van der Waals surface area contributed by atoms with Gasteiger partial charge in [0.05, 0.1) is 0 Å². The highest BCUT2D eigenvalue weighted by molar-refractivity contribution is 7.80. The average Bonchev–Trinajstić information content (AvgIpc) is 2.30. The Balaban J connectivity index is 3.73. The highest BCUT2D eigenvalue weighted by Gasteiger charge is 2.11. The molecule has 0 saturated carbocycles. The summed E-state index contributed by atoms with van der Waals surface area (Å²) in [6, 6.07) is 0. The third-order valence-electron chi connectivity index (χ3n) is 2.86. The summed E-state index contributed by atoms with van der Waals surface area (Å²) in [5, 5.41) is 0. The molecule has 0 aromatic carbocycles. The van der Waals surface area contributed by atoms with Crippen LogP contribution in [-0.2, 0) is 4.74 Å². The molecule has 0 heterocycles. The van der Waals surface area contributed by atoms with E-state index >= 15 is 0 Å². The highest BCUT2D eigenvalue weighted by atomic mass is 32.1. The van der Waals surface area contributed by atoms with Gasteiger partial charge in [-0.15, -0.1) is 0 Å². The molecule has 0 N–H and O–H groups in total. The maximum atomic E-state index is 5.83. The van der Waals surface area contributed by atoms with E-state index in [1.54, 1.807) is 0 Å². The van der Waals surface area contributed by atoms with Crippen LogP contribution in [0, 0.1) is 11.8 Å². The first kappa shape index (κ1) is 18.4. The quantitative estimate of drug-likeness (QED) is 0.403. The minimum atomic E-state index is 0.609. The van der Waals surface area contributed by atoms with Crippen LogP contribution >= 0.6 is 50.5 Å². The van der Waals surface area contributed by atoms with Crippen molar-refractivity contribution in [3.63, 3.8) is 0 Å². The molecule has 0 saturated heterocycles. The van der Waals surface area contributed by atoms with Gasteiger partial charge in [-0.05, 0) is 60.5 Å². The Hall–Kier alpha value is 1.36. The molecule has 0 aromatic heterocycles. The molecule has 0 bridgehead atoms. The zero-order chi connectivity index (χ0) is 12.9. The van der Waals surface area contributed by atoms with E-state index < -0.39 is 0 Å². The van der Waals surface area contributed by atoms with Gasteiger partial charge in [0, 0.05) is 13.2 Å². The average molecular weight is 315 g/mol. The molecule has 0 aliphatic rings. The van der Waals surface area contributed by atoms with Crippen molar-refractivity contribution in [3.05, 3.63) is 0 Å². The zero-order valence-corrected chi connectivity index (χ0v) is 14.0. The van der Waals surface area contributed by atoms with E-state index in [0.717, 1.165) is 61.9 Å². The van der Waals surface area contributed by atoms with Crippen molar-refractivity contribution in [2.75, 3.05) is 36.2 Å². The standard InChI is InChI=1S/C12H26OS4/c14-5-1-11(2-6-15)9-13-10-12(3-7-16)4-8-17/h11-12,14-17H,1-10H2. The van der Waals surface area contributed by atoms with Crippen LogP contribution in [0.2, 0.25) is 0 Å². The van der Waals surface area contributed by atoms with Crippen LogP contribution < -0.4 is 0 Å². The lowest BCUT2D eigenvalue weighted by molar-refractivity contribution is 0.0680. The molecule has 0 radical (unpaired) electrons. The van der Waals surface area contributed by atoms with Crippen LogP contribution in [-0.4, -0.2) is 36.2 Å². The van der Waals surface area contributed by atoms with E-state index in [0.29, 0.717) is 11.8 Å². The summed E-state index contributed by atoms with van der Waals surface area (Å²) in [7, 11) is 0. The first-order chi connectivity index (χ1) is 8.28. The van der Waals surface area contributed by atoms with Crippen molar-refractivity contribution < 1.29 is 4.74 Å². The van der Waals surface area contributed by atoms with E-state index in [-0.39, 0.29) is 0 Å². The van der Waals surface area contributed by atoms with Gasteiger partial charge in [-0.25, -0.2) is 0 Å². The lowest BCUT2D eigenvalue weighted by Gasteiger charge is -2.19. The Bertz CT molecular complexity index is 129. The third-order valence-corrected chi connectivity index (χ3v) is 3.89. The minimum Gasteiger partial charge on any atom is -0.381 e. The Labute approximate surface area is 128 Å². The first-order valence-corrected chi connectivity index (χ1v) is 8.82. The molecule has 0 fully saturated rings. The van der Waals surface area contributed by atoms with Crippen molar-refractivity contribution in [1.82, 2.24) is 0 Å². The summed E-state index contributed by atoms with van der Waals surface area (Å²) in [5.74, 6) is 4.93. The maximum absolute atomic E-state index is 5.83. The summed E-state index contributed by atoms with van der Waals surface area (Å²) in [5.41, 5.74) is 0. The Kier molecular flexibility index (Phi) is 14.9. The van der Waals surface area contributed by atoms with Crippen LogP contribution in [0.25, 0.3) is 0 Å². The van der Waals surface area contributed by atoms with Crippen LogP contribution in [0.1, 0.15) is 25.7 Å². The molecule has 0 atom stereocenters. The van der Waals surface area contributed by atoms with Crippen LogP contribution in [0.3, 0.4) is 0 Å². The molecular formula is C12H26OS4. The fourth-order valence-corrected chi connectivity index (χ4v) is 3.21. The van der Waals surface area contributed by atoms with Gasteiger partial charge in [-0.2, -0.15) is 50.5 Å². The van der Waals surface area contributed by atoms with E-state index in [1.165, 1.54) is 0 Å². The molecule has 17 heavy (non-hydrogen) atoms. The first-order valence-electron chi connectivity index (χ1n) is 6.29. The van der Waals surface area contributed by atoms with E-state index in [2.05, 4.69) is 50.5 Å². The molecule has 0 aromatic rings. The van der Waals surface area contributed by atoms with E-state index in [1.807, 2.05) is 0 Å². The maximum Gasteiger partial charge on any atom is 0.0494 e. The van der Waals surface area contributed by atoms with Crippen molar-refractivity contribution in [3.8, 4) is 0 Å². The zero-order valence-electron chi connectivity index (χ0n) is 10.4. The number of rotatable bonds is 12.